The normalized spacial score (nSPS) is 10.7. The van der Waals surface area contributed by atoms with Gasteiger partial charge >= 0.3 is 0 Å². The molecule has 2 heterocycles. The molecule has 10 heteroatoms. The SMILES string of the molecule is NC(=O)c1nsc2c(=O)n(CC(=O)Nc3ccc(Cl)cc3)cnc12. The van der Waals surface area contributed by atoms with E-state index in [0.717, 1.165) is 16.1 Å². The maximum absolute atomic E-state index is 12.3. The second-order valence-electron chi connectivity index (χ2n) is 4.81. The predicted molar refractivity (Wildman–Crippen MR) is 90.3 cm³/mol. The third-order valence-electron chi connectivity index (χ3n) is 3.12. The number of halogens is 1. The van der Waals surface area contributed by atoms with Gasteiger partial charge < -0.3 is 11.1 Å². The molecule has 8 nitrogen and oxygen atoms in total. The standard InChI is InChI=1S/C14H10ClN5O3S/c15-7-1-3-8(4-2-7)18-9(21)5-20-6-17-10-11(13(16)22)19-24-12(10)14(20)23/h1-4,6H,5H2,(H2,16,22)(H,18,21). The van der Waals surface area contributed by atoms with Crippen LogP contribution in [0.25, 0.3) is 10.2 Å². The van der Waals surface area contributed by atoms with Gasteiger partial charge in [0.05, 0.1) is 6.33 Å². The highest BCUT2D eigenvalue weighted by Crippen LogP contribution is 2.16. The Morgan fingerprint density at radius 1 is 1.29 bits per heavy atom. The lowest BCUT2D eigenvalue weighted by molar-refractivity contribution is -0.116. The van der Waals surface area contributed by atoms with Gasteiger partial charge in [0, 0.05) is 10.7 Å². The summed E-state index contributed by atoms with van der Waals surface area (Å²) in [6.07, 6.45) is 1.19. The van der Waals surface area contributed by atoms with Crippen LogP contribution in [0.2, 0.25) is 5.02 Å². The van der Waals surface area contributed by atoms with E-state index in [1.165, 1.54) is 6.33 Å². The maximum atomic E-state index is 12.3. The molecule has 0 bridgehead atoms. The number of aromatic nitrogens is 3. The van der Waals surface area contributed by atoms with E-state index in [-0.39, 0.29) is 22.5 Å². The number of rotatable bonds is 4. The molecule has 24 heavy (non-hydrogen) atoms. The molecule has 3 rings (SSSR count). The predicted octanol–water partition coefficient (Wildman–Crippen LogP) is 1.24. The molecule has 0 fully saturated rings. The molecule has 122 valence electrons. The Morgan fingerprint density at radius 2 is 2.00 bits per heavy atom. The summed E-state index contributed by atoms with van der Waals surface area (Å²) in [5.41, 5.74) is 5.36. The molecule has 0 saturated heterocycles. The molecule has 2 aromatic heterocycles. The van der Waals surface area contributed by atoms with Gasteiger partial charge in [-0.1, -0.05) is 11.6 Å². The number of nitrogens with two attached hydrogens (primary N) is 1. The summed E-state index contributed by atoms with van der Waals surface area (Å²) in [6, 6.07) is 6.57. The molecular formula is C14H10ClN5O3S. The van der Waals surface area contributed by atoms with Gasteiger partial charge in [0.25, 0.3) is 11.5 Å². The third-order valence-corrected chi connectivity index (χ3v) is 4.20. The Hall–Kier alpha value is -2.78. The maximum Gasteiger partial charge on any atom is 0.273 e. The number of amides is 2. The molecule has 0 spiro atoms. The quantitative estimate of drug-likeness (QED) is 0.722. The Kier molecular flexibility index (Phi) is 4.28. The van der Waals surface area contributed by atoms with Crippen molar-refractivity contribution in [2.75, 3.05) is 5.32 Å². The Morgan fingerprint density at radius 3 is 2.67 bits per heavy atom. The number of nitrogens with zero attached hydrogens (tertiary/aromatic N) is 3. The van der Waals surface area contributed by atoms with Crippen molar-refractivity contribution in [3.8, 4) is 0 Å². The van der Waals surface area contributed by atoms with E-state index in [2.05, 4.69) is 14.7 Å². The fraction of sp³-hybridized carbons (Fsp3) is 0.0714. The lowest BCUT2D eigenvalue weighted by Gasteiger charge is -2.07. The second-order valence-corrected chi connectivity index (χ2v) is 6.02. The van der Waals surface area contributed by atoms with Gasteiger partial charge in [-0.05, 0) is 35.8 Å². The molecule has 0 radical (unpaired) electrons. The number of hydrogen-bond acceptors (Lipinski definition) is 6. The van der Waals surface area contributed by atoms with Crippen LogP contribution in [0, 0.1) is 0 Å². The number of carbonyl (C=O) groups is 2. The first-order chi connectivity index (χ1) is 11.5. The molecular weight excluding hydrogens is 354 g/mol. The average molecular weight is 364 g/mol. The molecule has 0 aliphatic carbocycles. The van der Waals surface area contributed by atoms with Crippen LogP contribution in [0.5, 0.6) is 0 Å². The van der Waals surface area contributed by atoms with Crippen LogP contribution in [0.3, 0.4) is 0 Å². The molecule has 1 aromatic carbocycles. The van der Waals surface area contributed by atoms with Gasteiger partial charge in [-0.25, -0.2) is 4.98 Å². The van der Waals surface area contributed by atoms with Crippen molar-refractivity contribution in [3.63, 3.8) is 0 Å². The molecule has 0 aliphatic rings. The summed E-state index contributed by atoms with van der Waals surface area (Å²) in [5, 5.41) is 3.20. The summed E-state index contributed by atoms with van der Waals surface area (Å²) in [4.78, 5) is 39.6. The highest BCUT2D eigenvalue weighted by molar-refractivity contribution is 7.13. The minimum atomic E-state index is -0.758. The fourth-order valence-corrected chi connectivity index (χ4v) is 2.93. The van der Waals surface area contributed by atoms with Gasteiger partial charge in [0.1, 0.15) is 16.8 Å². The highest BCUT2D eigenvalue weighted by Gasteiger charge is 2.17. The molecule has 0 unspecified atom stereocenters. The third kappa shape index (κ3) is 3.12. The number of carbonyl (C=O) groups excluding carboxylic acids is 2. The lowest BCUT2D eigenvalue weighted by Crippen LogP contribution is -2.27. The van der Waals surface area contributed by atoms with Crippen LogP contribution in [0.15, 0.2) is 35.4 Å². The number of hydrogen-bond donors (Lipinski definition) is 2. The zero-order valence-electron chi connectivity index (χ0n) is 12.0. The molecule has 3 aromatic rings. The van der Waals surface area contributed by atoms with Crippen molar-refractivity contribution >= 4 is 50.9 Å². The van der Waals surface area contributed by atoms with E-state index in [1.807, 2.05) is 0 Å². The van der Waals surface area contributed by atoms with Crippen molar-refractivity contribution < 1.29 is 9.59 Å². The Bertz CT molecular complexity index is 996. The zero-order valence-corrected chi connectivity index (χ0v) is 13.6. The van der Waals surface area contributed by atoms with E-state index in [1.54, 1.807) is 24.3 Å². The molecule has 2 amide bonds. The lowest BCUT2D eigenvalue weighted by atomic mass is 10.3. The van der Waals surface area contributed by atoms with E-state index < -0.39 is 17.4 Å². The molecule has 0 aliphatic heterocycles. The van der Waals surface area contributed by atoms with Crippen LogP contribution in [-0.2, 0) is 11.3 Å². The van der Waals surface area contributed by atoms with E-state index >= 15 is 0 Å². The number of primary amides is 1. The largest absolute Gasteiger partial charge is 0.364 e. The molecule has 0 atom stereocenters. The van der Waals surface area contributed by atoms with Crippen LogP contribution < -0.4 is 16.6 Å². The second kappa shape index (κ2) is 6.38. The van der Waals surface area contributed by atoms with Gasteiger partial charge in [-0.15, -0.1) is 0 Å². The first-order valence-electron chi connectivity index (χ1n) is 6.66. The van der Waals surface area contributed by atoms with E-state index in [9.17, 15) is 14.4 Å². The summed E-state index contributed by atoms with van der Waals surface area (Å²) < 4.78 is 5.14. The van der Waals surface area contributed by atoms with Crippen molar-refractivity contribution in [2.45, 2.75) is 6.54 Å². The number of nitrogens with one attached hydrogen (secondary N) is 1. The first-order valence-corrected chi connectivity index (χ1v) is 7.81. The van der Waals surface area contributed by atoms with Crippen LogP contribution in [0.4, 0.5) is 5.69 Å². The van der Waals surface area contributed by atoms with Crippen molar-refractivity contribution in [1.82, 2.24) is 13.9 Å². The van der Waals surface area contributed by atoms with Crippen molar-refractivity contribution in [2.24, 2.45) is 5.73 Å². The van der Waals surface area contributed by atoms with Gasteiger partial charge in [0.2, 0.25) is 5.91 Å². The first kappa shape index (κ1) is 16.1. The van der Waals surface area contributed by atoms with Crippen LogP contribution in [-0.4, -0.2) is 25.7 Å². The van der Waals surface area contributed by atoms with Gasteiger partial charge in [-0.2, -0.15) is 4.37 Å². The van der Waals surface area contributed by atoms with Crippen molar-refractivity contribution in [1.29, 1.82) is 0 Å². The molecule has 3 N–H and O–H groups in total. The smallest absolute Gasteiger partial charge is 0.273 e. The summed E-state index contributed by atoms with van der Waals surface area (Å²) in [7, 11) is 0. The van der Waals surface area contributed by atoms with E-state index in [4.69, 9.17) is 17.3 Å². The number of benzene rings is 1. The average Bonchev–Trinajstić information content (AvgIpc) is 2.97. The van der Waals surface area contributed by atoms with E-state index in [0.29, 0.717) is 10.7 Å². The topological polar surface area (TPSA) is 120 Å². The summed E-state index contributed by atoms with van der Waals surface area (Å²) in [5.74, 6) is -1.16. The minimum absolute atomic E-state index is 0.0511. The Balaban J connectivity index is 1.83. The molecule has 0 saturated carbocycles. The van der Waals surface area contributed by atoms with Gasteiger partial charge in [0.15, 0.2) is 5.69 Å². The minimum Gasteiger partial charge on any atom is -0.364 e. The Labute approximate surface area is 144 Å². The summed E-state index contributed by atoms with van der Waals surface area (Å²) >= 11 is 6.60. The zero-order chi connectivity index (χ0) is 17.3. The fourth-order valence-electron chi connectivity index (χ4n) is 2.02. The van der Waals surface area contributed by atoms with Crippen LogP contribution in [0.1, 0.15) is 10.5 Å². The number of anilines is 1. The monoisotopic (exact) mass is 363 g/mol. The van der Waals surface area contributed by atoms with Gasteiger partial charge in [-0.3, -0.25) is 19.0 Å². The highest BCUT2D eigenvalue weighted by atomic mass is 35.5. The van der Waals surface area contributed by atoms with Crippen molar-refractivity contribution in [3.05, 3.63) is 51.7 Å². The summed E-state index contributed by atoms with van der Waals surface area (Å²) in [6.45, 7) is -0.228. The number of fused-ring (bicyclic) bond motifs is 1. The van der Waals surface area contributed by atoms with Crippen LogP contribution >= 0.6 is 23.1 Å².